The minimum Gasteiger partial charge on any atom is -0.480 e. The fourth-order valence-corrected chi connectivity index (χ4v) is 1.48. The Balaban J connectivity index is 4.36. The molecule has 0 heterocycles. The summed E-state index contributed by atoms with van der Waals surface area (Å²) in [6, 6.07) is -0.784. The van der Waals surface area contributed by atoms with Gasteiger partial charge in [0.15, 0.2) is 0 Å². The zero-order valence-electron chi connectivity index (χ0n) is 12.1. The van der Waals surface area contributed by atoms with Gasteiger partial charge in [0.05, 0.1) is 13.1 Å². The Kier molecular flexibility index (Phi) is 8.70. The molecule has 1 unspecified atom stereocenters. The van der Waals surface area contributed by atoms with Crippen molar-refractivity contribution in [2.45, 2.75) is 26.3 Å². The quantitative estimate of drug-likeness (QED) is 0.326. The van der Waals surface area contributed by atoms with Gasteiger partial charge >= 0.3 is 5.97 Å². The van der Waals surface area contributed by atoms with Crippen molar-refractivity contribution < 1.29 is 24.3 Å². The Morgan fingerprint density at radius 2 is 1.67 bits per heavy atom. The number of nitrogens with two attached hydrogens (primary N) is 1. The third-order valence-corrected chi connectivity index (χ3v) is 2.40. The Labute approximate surface area is 122 Å². The lowest BCUT2D eigenvalue weighted by Crippen LogP contribution is -2.51. The molecule has 0 aliphatic rings. The maximum Gasteiger partial charge on any atom is 0.322 e. The topological polar surface area (TPSA) is 151 Å². The van der Waals surface area contributed by atoms with Crippen LogP contribution in [-0.2, 0) is 19.2 Å². The van der Waals surface area contributed by atoms with Gasteiger partial charge in [0.2, 0.25) is 17.7 Å². The molecule has 0 fully saturated rings. The normalized spacial score (nSPS) is 11.6. The van der Waals surface area contributed by atoms with Crippen molar-refractivity contribution in [3.05, 3.63) is 0 Å². The van der Waals surface area contributed by atoms with E-state index in [1.807, 2.05) is 13.8 Å². The molecule has 9 heteroatoms. The van der Waals surface area contributed by atoms with E-state index in [0.29, 0.717) is 6.42 Å². The second kappa shape index (κ2) is 9.70. The van der Waals surface area contributed by atoms with Crippen LogP contribution in [0.1, 0.15) is 20.3 Å². The van der Waals surface area contributed by atoms with Crippen molar-refractivity contribution in [1.29, 1.82) is 0 Å². The smallest absolute Gasteiger partial charge is 0.322 e. The summed E-state index contributed by atoms with van der Waals surface area (Å²) >= 11 is 0. The van der Waals surface area contributed by atoms with Crippen LogP contribution in [0, 0.1) is 5.92 Å². The average molecular weight is 302 g/mol. The fourth-order valence-electron chi connectivity index (χ4n) is 1.48. The molecule has 3 amide bonds. The Morgan fingerprint density at radius 3 is 2.14 bits per heavy atom. The summed E-state index contributed by atoms with van der Waals surface area (Å²) in [7, 11) is 0. The number of rotatable bonds is 9. The molecule has 0 aliphatic carbocycles. The highest BCUT2D eigenvalue weighted by molar-refractivity contribution is 5.91. The van der Waals surface area contributed by atoms with Gasteiger partial charge in [0.25, 0.3) is 0 Å². The molecule has 120 valence electrons. The van der Waals surface area contributed by atoms with Gasteiger partial charge in [-0.15, -0.1) is 0 Å². The van der Waals surface area contributed by atoms with Gasteiger partial charge in [-0.05, 0) is 12.3 Å². The second-order valence-electron chi connectivity index (χ2n) is 4.84. The first-order valence-electron chi connectivity index (χ1n) is 6.51. The second-order valence-corrected chi connectivity index (χ2v) is 4.84. The molecular formula is C12H22N4O5. The van der Waals surface area contributed by atoms with Crippen LogP contribution in [0.2, 0.25) is 0 Å². The minimum absolute atomic E-state index is 0.152. The molecule has 21 heavy (non-hydrogen) atoms. The number of nitrogens with one attached hydrogen (secondary N) is 3. The molecule has 0 bridgehead atoms. The summed E-state index contributed by atoms with van der Waals surface area (Å²) < 4.78 is 0. The minimum atomic E-state index is -1.18. The molecule has 1 atom stereocenters. The van der Waals surface area contributed by atoms with Crippen LogP contribution in [-0.4, -0.2) is 54.5 Å². The summed E-state index contributed by atoms with van der Waals surface area (Å²) in [5.41, 5.74) is 5.18. The van der Waals surface area contributed by atoms with Gasteiger partial charge in [0.1, 0.15) is 12.6 Å². The fraction of sp³-hybridized carbons (Fsp3) is 0.667. The number of carboxylic acid groups (broad SMARTS) is 1. The predicted octanol–water partition coefficient (Wildman–Crippen LogP) is -2.21. The molecule has 0 spiro atoms. The highest BCUT2D eigenvalue weighted by Crippen LogP contribution is 2.04. The third-order valence-electron chi connectivity index (χ3n) is 2.40. The number of hydrogen-bond acceptors (Lipinski definition) is 5. The van der Waals surface area contributed by atoms with Gasteiger partial charge in [0, 0.05) is 0 Å². The first kappa shape index (κ1) is 18.8. The molecule has 9 nitrogen and oxygen atoms in total. The van der Waals surface area contributed by atoms with Crippen LogP contribution >= 0.6 is 0 Å². The maximum atomic E-state index is 11.9. The summed E-state index contributed by atoms with van der Waals surface area (Å²) in [5, 5.41) is 15.3. The van der Waals surface area contributed by atoms with Gasteiger partial charge in [-0.25, -0.2) is 0 Å². The van der Waals surface area contributed by atoms with Crippen molar-refractivity contribution in [2.24, 2.45) is 11.7 Å². The number of carbonyl (C=O) groups is 4. The summed E-state index contributed by atoms with van der Waals surface area (Å²) in [4.78, 5) is 44.7. The molecule has 0 radical (unpaired) electrons. The van der Waals surface area contributed by atoms with Crippen molar-refractivity contribution >= 4 is 23.7 Å². The van der Waals surface area contributed by atoms with E-state index in [1.54, 1.807) is 0 Å². The lowest BCUT2D eigenvalue weighted by atomic mass is 10.0. The lowest BCUT2D eigenvalue weighted by Gasteiger charge is -2.19. The molecule has 0 aromatic rings. The summed E-state index contributed by atoms with van der Waals surface area (Å²) in [6.07, 6.45) is 0.397. The standard InChI is InChI=1S/C12H22N4O5/c1-7(2)3-8(16-9(17)4-13)12(21)15-5-10(18)14-6-11(19)20/h7-8H,3-6,13H2,1-2H3,(H,14,18)(H,15,21)(H,16,17)(H,19,20). The SMILES string of the molecule is CC(C)CC(NC(=O)CN)C(=O)NCC(=O)NCC(=O)O. The van der Waals surface area contributed by atoms with Gasteiger partial charge in [-0.2, -0.15) is 0 Å². The number of carboxylic acids is 1. The van der Waals surface area contributed by atoms with E-state index in [0.717, 1.165) is 0 Å². The van der Waals surface area contributed by atoms with Crippen LogP contribution in [0.3, 0.4) is 0 Å². The number of hydrogen-bond donors (Lipinski definition) is 5. The molecular weight excluding hydrogens is 280 g/mol. The van der Waals surface area contributed by atoms with Crippen LogP contribution in [0.4, 0.5) is 0 Å². The van der Waals surface area contributed by atoms with Crippen LogP contribution in [0.5, 0.6) is 0 Å². The number of carbonyl (C=O) groups excluding carboxylic acids is 3. The summed E-state index contributed by atoms with van der Waals surface area (Å²) in [5.74, 6) is -2.64. The monoisotopic (exact) mass is 302 g/mol. The molecule has 0 rings (SSSR count). The highest BCUT2D eigenvalue weighted by Gasteiger charge is 2.21. The zero-order chi connectivity index (χ0) is 16.4. The molecule has 6 N–H and O–H groups in total. The van der Waals surface area contributed by atoms with Gasteiger partial charge < -0.3 is 26.8 Å². The Morgan fingerprint density at radius 1 is 1.05 bits per heavy atom. The van der Waals surface area contributed by atoms with Crippen LogP contribution in [0.15, 0.2) is 0 Å². The van der Waals surface area contributed by atoms with E-state index in [1.165, 1.54) is 0 Å². The average Bonchev–Trinajstić information content (AvgIpc) is 2.40. The first-order chi connectivity index (χ1) is 9.76. The van der Waals surface area contributed by atoms with Crippen molar-refractivity contribution in [3.63, 3.8) is 0 Å². The van der Waals surface area contributed by atoms with Gasteiger partial charge in [-0.3, -0.25) is 19.2 Å². The van der Waals surface area contributed by atoms with Crippen LogP contribution in [0.25, 0.3) is 0 Å². The van der Waals surface area contributed by atoms with Crippen molar-refractivity contribution in [1.82, 2.24) is 16.0 Å². The maximum absolute atomic E-state index is 11.9. The largest absolute Gasteiger partial charge is 0.480 e. The van der Waals surface area contributed by atoms with Gasteiger partial charge in [-0.1, -0.05) is 13.8 Å². The van der Waals surface area contributed by atoms with E-state index in [9.17, 15) is 19.2 Å². The lowest BCUT2D eigenvalue weighted by molar-refractivity contribution is -0.138. The number of aliphatic carboxylic acids is 1. The van der Waals surface area contributed by atoms with E-state index >= 15 is 0 Å². The Bertz CT molecular complexity index is 397. The third kappa shape index (κ3) is 9.38. The molecule has 0 aromatic carbocycles. The first-order valence-corrected chi connectivity index (χ1v) is 6.51. The van der Waals surface area contributed by atoms with E-state index < -0.39 is 36.3 Å². The van der Waals surface area contributed by atoms with Crippen molar-refractivity contribution in [3.8, 4) is 0 Å². The summed E-state index contributed by atoms with van der Waals surface area (Å²) in [6.45, 7) is 2.65. The molecule has 0 saturated carbocycles. The van der Waals surface area contributed by atoms with E-state index in [-0.39, 0.29) is 19.0 Å². The predicted molar refractivity (Wildman–Crippen MR) is 74.1 cm³/mol. The molecule has 0 aliphatic heterocycles. The van der Waals surface area contributed by atoms with E-state index in [4.69, 9.17) is 10.8 Å². The highest BCUT2D eigenvalue weighted by atomic mass is 16.4. The Hall–Kier alpha value is -2.16. The van der Waals surface area contributed by atoms with Crippen molar-refractivity contribution in [2.75, 3.05) is 19.6 Å². The zero-order valence-corrected chi connectivity index (χ0v) is 12.1. The van der Waals surface area contributed by atoms with Crippen LogP contribution < -0.4 is 21.7 Å². The number of amides is 3. The molecule has 0 aromatic heterocycles. The van der Waals surface area contributed by atoms with E-state index in [2.05, 4.69) is 16.0 Å². The molecule has 0 saturated heterocycles.